The van der Waals surface area contributed by atoms with Crippen LogP contribution in [0.3, 0.4) is 0 Å². The molecule has 0 spiro atoms. The van der Waals surface area contributed by atoms with Crippen molar-refractivity contribution in [3.63, 3.8) is 0 Å². The molecular weight excluding hydrogens is 342 g/mol. The number of piperazine rings is 1. The van der Waals surface area contributed by atoms with Crippen LogP contribution in [0.25, 0.3) is 0 Å². The van der Waals surface area contributed by atoms with E-state index >= 15 is 0 Å². The number of anilines is 1. The molecular formula is C21H27N3O3. The van der Waals surface area contributed by atoms with Crippen LogP contribution in [0.2, 0.25) is 0 Å². The molecule has 1 aliphatic rings. The average Bonchev–Trinajstić information content (AvgIpc) is 2.70. The molecule has 6 heteroatoms. The van der Waals surface area contributed by atoms with Gasteiger partial charge in [-0.1, -0.05) is 30.3 Å². The van der Waals surface area contributed by atoms with Crippen molar-refractivity contribution in [3.05, 3.63) is 54.1 Å². The normalized spacial score (nSPS) is 15.3. The van der Waals surface area contributed by atoms with Crippen LogP contribution in [-0.4, -0.2) is 62.7 Å². The second-order valence-electron chi connectivity index (χ2n) is 6.69. The van der Waals surface area contributed by atoms with Gasteiger partial charge in [0.05, 0.1) is 20.8 Å². The molecule has 1 aliphatic heterocycles. The van der Waals surface area contributed by atoms with Gasteiger partial charge < -0.3 is 14.8 Å². The lowest BCUT2D eigenvalue weighted by Crippen LogP contribution is -2.48. The Labute approximate surface area is 160 Å². The quantitative estimate of drug-likeness (QED) is 0.813. The highest BCUT2D eigenvalue weighted by Gasteiger charge is 2.19. The van der Waals surface area contributed by atoms with Crippen LogP contribution in [0.5, 0.6) is 11.5 Å². The van der Waals surface area contributed by atoms with Gasteiger partial charge in [-0.25, -0.2) is 0 Å². The van der Waals surface area contributed by atoms with E-state index in [0.29, 0.717) is 23.7 Å². The van der Waals surface area contributed by atoms with E-state index in [2.05, 4.69) is 39.4 Å². The van der Waals surface area contributed by atoms with Gasteiger partial charge in [-0.05, 0) is 5.56 Å². The third kappa shape index (κ3) is 5.70. The summed E-state index contributed by atoms with van der Waals surface area (Å²) in [5, 5.41) is 2.94. The molecule has 3 rings (SSSR count). The van der Waals surface area contributed by atoms with Crippen LogP contribution in [0, 0.1) is 0 Å². The van der Waals surface area contributed by atoms with Crippen molar-refractivity contribution >= 4 is 11.6 Å². The minimum Gasteiger partial charge on any atom is -0.497 e. The number of rotatable bonds is 7. The second-order valence-corrected chi connectivity index (χ2v) is 6.69. The first-order chi connectivity index (χ1) is 13.2. The number of methoxy groups -OCH3 is 2. The SMILES string of the molecule is COc1cc(NC(=O)CN2CCN(Cc3ccccc3)CC2)cc(OC)c1. The number of carbonyl (C=O) groups excluding carboxylic acids is 1. The first-order valence-electron chi connectivity index (χ1n) is 9.18. The van der Waals surface area contributed by atoms with Gasteiger partial charge in [0.1, 0.15) is 11.5 Å². The number of hydrogen-bond donors (Lipinski definition) is 1. The number of nitrogens with zero attached hydrogens (tertiary/aromatic N) is 2. The maximum atomic E-state index is 12.4. The van der Waals surface area contributed by atoms with Gasteiger partial charge in [-0.15, -0.1) is 0 Å². The van der Waals surface area contributed by atoms with E-state index in [-0.39, 0.29) is 5.91 Å². The number of benzene rings is 2. The zero-order valence-electron chi connectivity index (χ0n) is 16.0. The summed E-state index contributed by atoms with van der Waals surface area (Å²) in [6, 6.07) is 15.9. The molecule has 0 unspecified atom stereocenters. The molecule has 0 bridgehead atoms. The highest BCUT2D eigenvalue weighted by Crippen LogP contribution is 2.25. The van der Waals surface area contributed by atoms with Crippen molar-refractivity contribution in [2.24, 2.45) is 0 Å². The van der Waals surface area contributed by atoms with Crippen molar-refractivity contribution in [1.82, 2.24) is 9.80 Å². The van der Waals surface area contributed by atoms with Crippen LogP contribution >= 0.6 is 0 Å². The zero-order chi connectivity index (χ0) is 19.1. The third-order valence-electron chi connectivity index (χ3n) is 4.72. The molecule has 0 aromatic heterocycles. The Morgan fingerprint density at radius 1 is 0.926 bits per heavy atom. The number of amides is 1. The molecule has 1 amide bonds. The molecule has 6 nitrogen and oxygen atoms in total. The van der Waals surface area contributed by atoms with Crippen LogP contribution in [-0.2, 0) is 11.3 Å². The smallest absolute Gasteiger partial charge is 0.238 e. The minimum atomic E-state index is -0.0261. The van der Waals surface area contributed by atoms with E-state index < -0.39 is 0 Å². The number of hydrogen-bond acceptors (Lipinski definition) is 5. The highest BCUT2D eigenvalue weighted by atomic mass is 16.5. The Bertz CT molecular complexity index is 721. The lowest BCUT2D eigenvalue weighted by molar-refractivity contribution is -0.117. The molecule has 0 aliphatic carbocycles. The third-order valence-corrected chi connectivity index (χ3v) is 4.72. The highest BCUT2D eigenvalue weighted by molar-refractivity contribution is 5.92. The fourth-order valence-corrected chi connectivity index (χ4v) is 3.23. The molecule has 0 atom stereocenters. The van der Waals surface area contributed by atoms with Crippen LogP contribution in [0.1, 0.15) is 5.56 Å². The molecule has 144 valence electrons. The molecule has 0 radical (unpaired) electrons. The lowest BCUT2D eigenvalue weighted by atomic mass is 10.2. The van der Waals surface area contributed by atoms with E-state index in [1.54, 1.807) is 32.4 Å². The van der Waals surface area contributed by atoms with Gasteiger partial charge in [-0.3, -0.25) is 14.6 Å². The number of ether oxygens (including phenoxy) is 2. The summed E-state index contributed by atoms with van der Waals surface area (Å²) in [5.74, 6) is 1.28. The van der Waals surface area contributed by atoms with Crippen LogP contribution in [0.4, 0.5) is 5.69 Å². The van der Waals surface area contributed by atoms with Gasteiger partial charge in [0, 0.05) is 56.6 Å². The molecule has 2 aromatic carbocycles. The fraction of sp³-hybridized carbons (Fsp3) is 0.381. The van der Waals surface area contributed by atoms with Crippen molar-refractivity contribution in [1.29, 1.82) is 0 Å². The van der Waals surface area contributed by atoms with Crippen molar-refractivity contribution in [2.45, 2.75) is 6.54 Å². The summed E-state index contributed by atoms with van der Waals surface area (Å²) in [6.45, 7) is 5.07. The molecule has 27 heavy (non-hydrogen) atoms. The van der Waals surface area contributed by atoms with Crippen molar-refractivity contribution in [2.75, 3.05) is 52.3 Å². The second kappa shape index (κ2) is 9.39. The van der Waals surface area contributed by atoms with Crippen molar-refractivity contribution in [3.8, 4) is 11.5 Å². The molecule has 1 saturated heterocycles. The van der Waals surface area contributed by atoms with Crippen LogP contribution < -0.4 is 14.8 Å². The molecule has 0 saturated carbocycles. The summed E-state index contributed by atoms with van der Waals surface area (Å²) in [7, 11) is 3.19. The van der Waals surface area contributed by atoms with E-state index in [9.17, 15) is 4.79 Å². The number of carbonyl (C=O) groups is 1. The molecule has 1 N–H and O–H groups in total. The molecule has 1 fully saturated rings. The van der Waals surface area contributed by atoms with E-state index in [0.717, 1.165) is 32.7 Å². The first-order valence-corrected chi connectivity index (χ1v) is 9.18. The van der Waals surface area contributed by atoms with E-state index in [4.69, 9.17) is 9.47 Å². The van der Waals surface area contributed by atoms with Gasteiger partial charge in [-0.2, -0.15) is 0 Å². The summed E-state index contributed by atoms with van der Waals surface area (Å²) in [6.07, 6.45) is 0. The largest absolute Gasteiger partial charge is 0.497 e. The zero-order valence-corrected chi connectivity index (χ0v) is 16.0. The molecule has 1 heterocycles. The summed E-state index contributed by atoms with van der Waals surface area (Å²) < 4.78 is 10.5. The minimum absolute atomic E-state index is 0.0261. The van der Waals surface area contributed by atoms with Crippen molar-refractivity contribution < 1.29 is 14.3 Å². The summed E-state index contributed by atoms with van der Waals surface area (Å²) in [5.41, 5.74) is 2.01. The maximum Gasteiger partial charge on any atom is 0.238 e. The predicted molar refractivity (Wildman–Crippen MR) is 106 cm³/mol. The van der Waals surface area contributed by atoms with Gasteiger partial charge in [0.15, 0.2) is 0 Å². The topological polar surface area (TPSA) is 54.0 Å². The fourth-order valence-electron chi connectivity index (χ4n) is 3.23. The summed E-state index contributed by atoms with van der Waals surface area (Å²) >= 11 is 0. The monoisotopic (exact) mass is 369 g/mol. The average molecular weight is 369 g/mol. The molecule has 2 aromatic rings. The number of nitrogens with one attached hydrogen (secondary N) is 1. The Hall–Kier alpha value is -2.57. The Balaban J connectivity index is 1.47. The maximum absolute atomic E-state index is 12.4. The Morgan fingerprint density at radius 2 is 1.52 bits per heavy atom. The lowest BCUT2D eigenvalue weighted by Gasteiger charge is -2.34. The predicted octanol–water partition coefficient (Wildman–Crippen LogP) is 2.46. The van der Waals surface area contributed by atoms with Gasteiger partial charge in [0.25, 0.3) is 0 Å². The van der Waals surface area contributed by atoms with E-state index in [1.165, 1.54) is 5.56 Å². The van der Waals surface area contributed by atoms with Crippen LogP contribution in [0.15, 0.2) is 48.5 Å². The Kier molecular flexibility index (Phi) is 6.68. The first kappa shape index (κ1) is 19.2. The van der Waals surface area contributed by atoms with Gasteiger partial charge >= 0.3 is 0 Å². The van der Waals surface area contributed by atoms with E-state index in [1.807, 2.05) is 6.07 Å². The standard InChI is InChI=1S/C21H27N3O3/c1-26-19-12-18(13-20(14-19)27-2)22-21(25)16-24-10-8-23(9-11-24)15-17-6-4-3-5-7-17/h3-7,12-14H,8-11,15-16H2,1-2H3,(H,22,25). The Morgan fingerprint density at radius 3 is 2.11 bits per heavy atom. The van der Waals surface area contributed by atoms with Gasteiger partial charge in [0.2, 0.25) is 5.91 Å². The summed E-state index contributed by atoms with van der Waals surface area (Å²) in [4.78, 5) is 17.0.